The van der Waals surface area contributed by atoms with Crippen molar-refractivity contribution in [3.05, 3.63) is 53.3 Å². The van der Waals surface area contributed by atoms with Crippen LogP contribution in [0.2, 0.25) is 0 Å². The number of imidazole rings is 1. The predicted molar refractivity (Wildman–Crippen MR) is 143 cm³/mol. The van der Waals surface area contributed by atoms with E-state index in [9.17, 15) is 4.79 Å². The minimum Gasteiger partial charge on any atom is -0.401 e. The molecule has 2 N–H and O–H groups in total. The van der Waals surface area contributed by atoms with Crippen molar-refractivity contribution in [2.75, 3.05) is 38.5 Å². The van der Waals surface area contributed by atoms with Gasteiger partial charge in [0.25, 0.3) is 0 Å². The first-order valence-corrected chi connectivity index (χ1v) is 14.0. The molecule has 0 spiro atoms. The molecule has 0 saturated carbocycles. The molecule has 0 unspecified atom stereocenters. The fraction of sp³-hybridized carbons (Fsp3) is 0.481. The highest BCUT2D eigenvalue weighted by Crippen LogP contribution is 2.34. The Bertz CT molecular complexity index is 1260. The van der Waals surface area contributed by atoms with Gasteiger partial charge in [0.2, 0.25) is 5.91 Å². The number of nitrogens with zero attached hydrogens (tertiary/aromatic N) is 6. The molecule has 6 heterocycles. The largest absolute Gasteiger partial charge is 0.401 e. The topological polar surface area (TPSA) is 93.2 Å². The Hall–Kier alpha value is -2.91. The van der Waals surface area contributed by atoms with Crippen molar-refractivity contribution in [3.8, 4) is 11.5 Å². The third kappa shape index (κ3) is 4.62. The summed E-state index contributed by atoms with van der Waals surface area (Å²) in [5.41, 5.74) is 9.85. The van der Waals surface area contributed by atoms with Crippen molar-refractivity contribution in [2.45, 2.75) is 38.1 Å². The third-order valence-corrected chi connectivity index (χ3v) is 8.94. The first kappa shape index (κ1) is 23.5. The summed E-state index contributed by atoms with van der Waals surface area (Å²) in [6.45, 7) is 4.46. The van der Waals surface area contributed by atoms with Crippen molar-refractivity contribution in [3.63, 3.8) is 0 Å². The van der Waals surface area contributed by atoms with Gasteiger partial charge in [-0.2, -0.15) is 0 Å². The number of nitrogens with two attached hydrogens (primary N) is 1. The van der Waals surface area contributed by atoms with E-state index in [1.165, 1.54) is 4.91 Å². The molecule has 0 atom stereocenters. The van der Waals surface area contributed by atoms with Gasteiger partial charge in [-0.15, -0.1) is 11.8 Å². The number of fused-ring (bicyclic) bond motifs is 1. The van der Waals surface area contributed by atoms with Gasteiger partial charge >= 0.3 is 0 Å². The van der Waals surface area contributed by atoms with Crippen LogP contribution < -0.4 is 5.73 Å². The van der Waals surface area contributed by atoms with Gasteiger partial charge < -0.3 is 15.2 Å². The zero-order valence-electron chi connectivity index (χ0n) is 20.6. The Balaban J connectivity index is 1.10. The SMILES string of the molecule is NC1=C(CN2CCC(C(=O)N3CCC(n4c(-c5ccccn5)nc5cccnc54)CC3)CC2)SCC1. The standard InChI is InChI=1S/C27H33N7OS/c28-21-10-17-36-24(21)18-32-13-6-19(7-14-32)27(35)33-15-8-20(9-16-33)34-25-23(5-3-12-30-25)31-26(34)22-4-1-2-11-29-22/h1-5,11-12,19-20H,6-10,13-18,28H2. The monoisotopic (exact) mass is 503 g/mol. The Labute approximate surface area is 216 Å². The molecule has 9 heteroatoms. The van der Waals surface area contributed by atoms with Gasteiger partial charge in [0.1, 0.15) is 11.2 Å². The molecule has 6 rings (SSSR count). The summed E-state index contributed by atoms with van der Waals surface area (Å²) in [5.74, 6) is 2.44. The normalized spacial score (nSPS) is 20.5. The number of thioether (sulfide) groups is 1. The summed E-state index contributed by atoms with van der Waals surface area (Å²) in [4.78, 5) is 33.4. The molecule has 3 aromatic rings. The van der Waals surface area contributed by atoms with Crippen LogP contribution in [0.5, 0.6) is 0 Å². The number of rotatable bonds is 5. The number of hydrogen-bond donors (Lipinski definition) is 1. The first-order chi connectivity index (χ1) is 17.7. The maximum Gasteiger partial charge on any atom is 0.225 e. The average Bonchev–Trinajstić information content (AvgIpc) is 3.52. The zero-order chi connectivity index (χ0) is 24.5. The van der Waals surface area contributed by atoms with E-state index in [-0.39, 0.29) is 12.0 Å². The molecule has 0 bridgehead atoms. The molecule has 2 saturated heterocycles. The predicted octanol–water partition coefficient (Wildman–Crippen LogP) is 3.68. The first-order valence-electron chi connectivity index (χ1n) is 13.0. The summed E-state index contributed by atoms with van der Waals surface area (Å²) in [6, 6.07) is 10.1. The van der Waals surface area contributed by atoms with Crippen LogP contribution in [0, 0.1) is 5.92 Å². The Kier molecular flexibility index (Phi) is 6.67. The number of pyridine rings is 2. The van der Waals surface area contributed by atoms with Crippen molar-refractivity contribution in [1.29, 1.82) is 0 Å². The molecule has 3 aliphatic rings. The third-order valence-electron chi connectivity index (χ3n) is 7.79. The van der Waals surface area contributed by atoms with Crippen molar-refractivity contribution in [2.24, 2.45) is 11.7 Å². The van der Waals surface area contributed by atoms with Crippen LogP contribution >= 0.6 is 11.8 Å². The van der Waals surface area contributed by atoms with E-state index < -0.39 is 0 Å². The minimum absolute atomic E-state index is 0.139. The lowest BCUT2D eigenvalue weighted by Gasteiger charge is -2.38. The lowest BCUT2D eigenvalue weighted by molar-refractivity contribution is -0.138. The fourth-order valence-electron chi connectivity index (χ4n) is 5.76. The van der Waals surface area contributed by atoms with Crippen molar-refractivity contribution in [1.82, 2.24) is 29.3 Å². The van der Waals surface area contributed by atoms with Gasteiger partial charge in [0.15, 0.2) is 11.5 Å². The summed E-state index contributed by atoms with van der Waals surface area (Å²) in [6.07, 6.45) is 8.32. The number of piperidine rings is 2. The zero-order valence-corrected chi connectivity index (χ0v) is 21.4. The maximum atomic E-state index is 13.4. The molecule has 3 aliphatic heterocycles. The van der Waals surface area contributed by atoms with Crippen LogP contribution in [0.3, 0.4) is 0 Å². The second-order valence-corrected chi connectivity index (χ2v) is 11.2. The molecule has 2 fully saturated rings. The van der Waals surface area contributed by atoms with Gasteiger partial charge in [-0.25, -0.2) is 9.97 Å². The summed E-state index contributed by atoms with van der Waals surface area (Å²) < 4.78 is 2.25. The Morgan fingerprint density at radius 1 is 1.00 bits per heavy atom. The number of carbonyl (C=O) groups excluding carboxylic acids is 1. The van der Waals surface area contributed by atoms with E-state index in [1.54, 1.807) is 6.20 Å². The van der Waals surface area contributed by atoms with Gasteiger partial charge in [-0.1, -0.05) is 6.07 Å². The smallest absolute Gasteiger partial charge is 0.225 e. The fourth-order valence-corrected chi connectivity index (χ4v) is 6.89. The number of amides is 1. The number of likely N-dealkylation sites (tertiary alicyclic amines) is 2. The summed E-state index contributed by atoms with van der Waals surface area (Å²) >= 11 is 1.90. The van der Waals surface area contributed by atoms with Gasteiger partial charge in [0.05, 0.1) is 0 Å². The molecule has 188 valence electrons. The van der Waals surface area contributed by atoms with Gasteiger partial charge in [-0.05, 0) is 69.5 Å². The van der Waals surface area contributed by atoms with E-state index in [1.807, 2.05) is 48.3 Å². The van der Waals surface area contributed by atoms with Crippen LogP contribution in [-0.2, 0) is 4.79 Å². The summed E-state index contributed by atoms with van der Waals surface area (Å²) in [5, 5.41) is 0. The molecule has 36 heavy (non-hydrogen) atoms. The summed E-state index contributed by atoms with van der Waals surface area (Å²) in [7, 11) is 0. The quantitative estimate of drug-likeness (QED) is 0.568. The number of allylic oxidation sites excluding steroid dienone is 1. The molecule has 1 amide bonds. The van der Waals surface area contributed by atoms with Crippen molar-refractivity contribution < 1.29 is 4.79 Å². The minimum atomic E-state index is 0.139. The molecular formula is C27H33N7OS. The Morgan fingerprint density at radius 2 is 1.81 bits per heavy atom. The number of hydrogen-bond acceptors (Lipinski definition) is 7. The van der Waals surface area contributed by atoms with E-state index in [4.69, 9.17) is 10.7 Å². The lowest BCUT2D eigenvalue weighted by atomic mass is 9.93. The number of carbonyl (C=O) groups is 1. The molecule has 0 radical (unpaired) electrons. The van der Waals surface area contributed by atoms with Crippen LogP contribution in [0.4, 0.5) is 0 Å². The van der Waals surface area contributed by atoms with E-state index >= 15 is 0 Å². The maximum absolute atomic E-state index is 13.4. The van der Waals surface area contributed by atoms with E-state index in [0.29, 0.717) is 5.91 Å². The molecule has 0 aliphatic carbocycles. The van der Waals surface area contributed by atoms with Gasteiger partial charge in [-0.3, -0.25) is 14.7 Å². The molecule has 3 aromatic heterocycles. The van der Waals surface area contributed by atoms with E-state index in [2.05, 4.69) is 24.3 Å². The highest BCUT2D eigenvalue weighted by Gasteiger charge is 2.33. The van der Waals surface area contributed by atoms with Crippen molar-refractivity contribution >= 4 is 28.8 Å². The van der Waals surface area contributed by atoms with Gasteiger partial charge in [0, 0.05) is 60.3 Å². The van der Waals surface area contributed by atoms with E-state index in [0.717, 1.165) is 99.0 Å². The average molecular weight is 504 g/mol. The van der Waals surface area contributed by atoms with Crippen LogP contribution in [0.25, 0.3) is 22.7 Å². The highest BCUT2D eigenvalue weighted by molar-refractivity contribution is 8.03. The lowest BCUT2D eigenvalue weighted by Crippen LogP contribution is -2.46. The molecule has 8 nitrogen and oxygen atoms in total. The second kappa shape index (κ2) is 10.2. The van der Waals surface area contributed by atoms with Crippen LogP contribution in [-0.4, -0.2) is 73.7 Å². The molecular weight excluding hydrogens is 470 g/mol. The molecule has 0 aromatic carbocycles. The van der Waals surface area contributed by atoms with Crippen LogP contribution in [0.1, 0.15) is 38.1 Å². The van der Waals surface area contributed by atoms with Crippen LogP contribution in [0.15, 0.2) is 53.3 Å². The second-order valence-electron chi connectivity index (χ2n) is 10.0. The highest BCUT2D eigenvalue weighted by atomic mass is 32.2. The Morgan fingerprint density at radius 3 is 2.53 bits per heavy atom. The number of aromatic nitrogens is 4.